The van der Waals surface area contributed by atoms with Crippen LogP contribution in [0, 0.1) is 0 Å². The molecule has 0 aliphatic carbocycles. The molecule has 0 saturated carbocycles. The summed E-state index contributed by atoms with van der Waals surface area (Å²) < 4.78 is 0. The molecule has 5 heterocycles. The molecule has 27 heavy (non-hydrogen) atoms. The molecule has 134 valence electrons. The lowest BCUT2D eigenvalue weighted by atomic mass is 10.1. The molecule has 0 unspecified atom stereocenters. The number of H-pyrrole nitrogens is 4. The first-order chi connectivity index (χ1) is 13.3. The van der Waals surface area contributed by atoms with Crippen molar-refractivity contribution in [2.24, 2.45) is 5.73 Å². The molecular weight excluding hydrogens is 334 g/mol. The summed E-state index contributed by atoms with van der Waals surface area (Å²) in [5.41, 5.74) is 11.3. The van der Waals surface area contributed by atoms with Gasteiger partial charge in [0.1, 0.15) is 0 Å². The molecule has 0 radical (unpaired) electrons. The molecule has 5 rings (SSSR count). The van der Waals surface area contributed by atoms with E-state index in [0.717, 1.165) is 50.6 Å². The van der Waals surface area contributed by atoms with Gasteiger partial charge in [-0.05, 0) is 79.7 Å². The van der Waals surface area contributed by atoms with E-state index in [4.69, 9.17) is 5.73 Å². The summed E-state index contributed by atoms with van der Waals surface area (Å²) in [4.78, 5) is 13.9. The van der Waals surface area contributed by atoms with Crippen LogP contribution in [-0.2, 0) is 0 Å². The molecule has 0 spiro atoms. The van der Waals surface area contributed by atoms with Gasteiger partial charge in [0.25, 0.3) is 0 Å². The summed E-state index contributed by atoms with van der Waals surface area (Å²) in [6.07, 6.45) is 7.13. The van der Waals surface area contributed by atoms with E-state index in [1.165, 1.54) is 5.57 Å². The predicted molar refractivity (Wildman–Crippen MR) is 109 cm³/mol. The largest absolute Gasteiger partial charge is 0.355 e. The van der Waals surface area contributed by atoms with E-state index >= 15 is 0 Å². The number of fused-ring (bicyclic) bond motifs is 8. The second-order valence-corrected chi connectivity index (χ2v) is 6.84. The summed E-state index contributed by atoms with van der Waals surface area (Å²) in [7, 11) is 0. The second-order valence-electron chi connectivity index (χ2n) is 6.84. The van der Waals surface area contributed by atoms with Crippen LogP contribution in [0.15, 0.2) is 48.5 Å². The van der Waals surface area contributed by atoms with Crippen molar-refractivity contribution in [3.8, 4) is 0 Å². The van der Waals surface area contributed by atoms with Gasteiger partial charge in [0.05, 0.1) is 0 Å². The van der Waals surface area contributed by atoms with Crippen LogP contribution in [0.5, 0.6) is 0 Å². The molecular formula is C22H21N5. The summed E-state index contributed by atoms with van der Waals surface area (Å²) in [5, 5.41) is 4.27. The zero-order valence-corrected chi connectivity index (χ0v) is 14.8. The molecule has 6 N–H and O–H groups in total. The maximum absolute atomic E-state index is 5.88. The topological polar surface area (TPSA) is 89.2 Å². The monoisotopic (exact) mass is 355 g/mol. The van der Waals surface area contributed by atoms with E-state index in [-0.39, 0.29) is 0 Å². The lowest BCUT2D eigenvalue weighted by molar-refractivity contribution is 1.00. The van der Waals surface area contributed by atoms with Crippen molar-refractivity contribution in [1.29, 1.82) is 0 Å². The summed E-state index contributed by atoms with van der Waals surface area (Å²) >= 11 is 0. The molecule has 0 fully saturated rings. The zero-order chi connectivity index (χ0) is 18.2. The smallest absolute Gasteiger partial charge is 0.0438 e. The maximum Gasteiger partial charge on any atom is 0.0438 e. The standard InChI is InChI=1S/C22H21N5/c23-10-9-20-21-7-5-18(26-21)12-16-3-1-14(24-16)11-15-2-4-17(25-15)13-19-6-8-22(20)27-19/h1-8,11-13,24-27H,9-10,23H2. The number of aromatic amines is 4. The Balaban J connectivity index is 1.80. The Bertz CT molecular complexity index is 1340. The first-order valence-corrected chi connectivity index (χ1v) is 9.14. The molecule has 8 bridgehead atoms. The Morgan fingerprint density at radius 1 is 0.593 bits per heavy atom. The number of nitrogens with one attached hydrogen (secondary N) is 4. The fourth-order valence-electron chi connectivity index (χ4n) is 3.60. The average molecular weight is 355 g/mol. The zero-order valence-electron chi connectivity index (χ0n) is 14.8. The van der Waals surface area contributed by atoms with E-state index in [9.17, 15) is 0 Å². The minimum Gasteiger partial charge on any atom is -0.355 e. The highest BCUT2D eigenvalue weighted by Crippen LogP contribution is 2.14. The Hall–Kier alpha value is -3.44. The minimum absolute atomic E-state index is 0.598. The Morgan fingerprint density at radius 2 is 1.19 bits per heavy atom. The van der Waals surface area contributed by atoms with Crippen molar-refractivity contribution in [2.75, 3.05) is 6.54 Å². The fraction of sp³-hybridized carbons (Fsp3) is 0.0909. The van der Waals surface area contributed by atoms with E-state index in [0.29, 0.717) is 6.54 Å². The van der Waals surface area contributed by atoms with E-state index in [1.807, 2.05) is 0 Å². The van der Waals surface area contributed by atoms with E-state index in [1.54, 1.807) is 0 Å². The Morgan fingerprint density at radius 3 is 1.89 bits per heavy atom. The summed E-state index contributed by atoms with van der Waals surface area (Å²) in [6, 6.07) is 16.8. The van der Waals surface area contributed by atoms with Crippen LogP contribution in [0.2, 0.25) is 0 Å². The van der Waals surface area contributed by atoms with E-state index in [2.05, 4.69) is 86.7 Å². The average Bonchev–Trinajstić information content (AvgIpc) is 3.43. The highest BCUT2D eigenvalue weighted by Gasteiger charge is 2.06. The van der Waals surface area contributed by atoms with Gasteiger partial charge in [-0.25, -0.2) is 0 Å². The highest BCUT2D eigenvalue weighted by molar-refractivity contribution is 5.64. The van der Waals surface area contributed by atoms with Crippen molar-refractivity contribution < 1.29 is 0 Å². The minimum atomic E-state index is 0.598. The quantitative estimate of drug-likeness (QED) is 0.353. The molecule has 5 heteroatoms. The van der Waals surface area contributed by atoms with Crippen LogP contribution in [0.25, 0.3) is 23.8 Å². The number of rotatable bonds is 2. The third-order valence-electron chi connectivity index (χ3n) is 4.86. The number of aromatic nitrogens is 4. The molecule has 1 aliphatic rings. The number of hydrogen-bond acceptors (Lipinski definition) is 1. The molecule has 0 saturated heterocycles. The SMILES string of the molecule is NCCC1=c2ccc([nH]2)=Cc2ccc([nH]2)C=c2ccc([nH]2)=Cc2ccc1[nH]2. The second kappa shape index (κ2) is 6.37. The van der Waals surface area contributed by atoms with Crippen LogP contribution >= 0.6 is 0 Å². The number of hydrogen-bond donors (Lipinski definition) is 5. The highest BCUT2D eigenvalue weighted by atomic mass is 14.8. The molecule has 0 amide bonds. The predicted octanol–water partition coefficient (Wildman–Crippen LogP) is 0.347. The van der Waals surface area contributed by atoms with Crippen LogP contribution in [0.1, 0.15) is 29.2 Å². The van der Waals surface area contributed by atoms with Crippen molar-refractivity contribution in [3.05, 3.63) is 92.7 Å². The molecule has 0 aromatic carbocycles. The van der Waals surface area contributed by atoms with Crippen LogP contribution < -0.4 is 27.1 Å². The Kier molecular flexibility index (Phi) is 3.73. The molecule has 4 aromatic heterocycles. The van der Waals surface area contributed by atoms with E-state index < -0.39 is 0 Å². The first kappa shape index (κ1) is 15.8. The Labute approximate surface area is 155 Å². The van der Waals surface area contributed by atoms with Crippen LogP contribution in [0.3, 0.4) is 0 Å². The van der Waals surface area contributed by atoms with Gasteiger partial charge < -0.3 is 25.7 Å². The van der Waals surface area contributed by atoms with Crippen molar-refractivity contribution in [2.45, 2.75) is 6.42 Å². The number of nitrogens with two attached hydrogens (primary N) is 1. The third kappa shape index (κ3) is 3.09. The molecule has 1 aliphatic heterocycles. The van der Waals surface area contributed by atoms with Gasteiger partial charge in [-0.2, -0.15) is 0 Å². The molecule has 0 atom stereocenters. The van der Waals surface area contributed by atoms with Gasteiger partial charge in [0.2, 0.25) is 0 Å². The summed E-state index contributed by atoms with van der Waals surface area (Å²) in [6.45, 7) is 0.598. The normalized spacial score (nSPS) is 13.0. The molecule has 4 aromatic rings. The third-order valence-corrected chi connectivity index (χ3v) is 4.86. The lowest BCUT2D eigenvalue weighted by Crippen LogP contribution is -2.16. The van der Waals surface area contributed by atoms with Gasteiger partial charge in [0, 0.05) is 49.7 Å². The fourth-order valence-corrected chi connectivity index (χ4v) is 3.60. The van der Waals surface area contributed by atoms with Gasteiger partial charge >= 0.3 is 0 Å². The van der Waals surface area contributed by atoms with Gasteiger partial charge in [0.15, 0.2) is 0 Å². The van der Waals surface area contributed by atoms with Crippen molar-refractivity contribution in [1.82, 2.24) is 19.9 Å². The van der Waals surface area contributed by atoms with Crippen LogP contribution in [0.4, 0.5) is 0 Å². The van der Waals surface area contributed by atoms with Crippen molar-refractivity contribution in [3.63, 3.8) is 0 Å². The first-order valence-electron chi connectivity index (χ1n) is 9.14. The lowest BCUT2D eigenvalue weighted by Gasteiger charge is -2.02. The van der Waals surface area contributed by atoms with Crippen molar-refractivity contribution >= 4 is 23.8 Å². The van der Waals surface area contributed by atoms with Gasteiger partial charge in [-0.15, -0.1) is 0 Å². The van der Waals surface area contributed by atoms with Gasteiger partial charge in [-0.3, -0.25) is 0 Å². The van der Waals surface area contributed by atoms with Crippen LogP contribution in [-0.4, -0.2) is 26.5 Å². The van der Waals surface area contributed by atoms with Gasteiger partial charge in [-0.1, -0.05) is 0 Å². The molecule has 5 nitrogen and oxygen atoms in total. The maximum atomic E-state index is 5.88. The summed E-state index contributed by atoms with van der Waals surface area (Å²) in [5.74, 6) is 0.